The van der Waals surface area contributed by atoms with Gasteiger partial charge in [-0.25, -0.2) is 9.59 Å². The summed E-state index contributed by atoms with van der Waals surface area (Å²) in [6.45, 7) is 0. The monoisotopic (exact) mass is 658 g/mol. The van der Waals surface area contributed by atoms with E-state index in [2.05, 4.69) is 21.3 Å². The normalized spacial score (nSPS) is 11.1. The molecule has 5 rings (SSSR count). The Labute approximate surface area is 265 Å². The van der Waals surface area contributed by atoms with Crippen molar-refractivity contribution < 1.29 is 34.8 Å². The lowest BCUT2D eigenvalue weighted by molar-refractivity contribution is 0.261. The number of para-hydroxylation sites is 2. The van der Waals surface area contributed by atoms with Gasteiger partial charge in [-0.05, 0) is 60.7 Å². The highest BCUT2D eigenvalue weighted by Gasteiger charge is 2.18. The molecule has 0 fully saturated rings. The van der Waals surface area contributed by atoms with Crippen LogP contribution in [0, 0.1) is 0 Å². The lowest BCUT2D eigenvalue weighted by atomic mass is 10.2. The van der Waals surface area contributed by atoms with Crippen molar-refractivity contribution in [3.8, 4) is 11.5 Å². The largest absolute Gasteiger partial charge is 0.379 e. The third-order valence-corrected chi connectivity index (χ3v) is 8.61. The zero-order valence-corrected chi connectivity index (χ0v) is 25.4. The minimum Gasteiger partial charge on any atom is -0.379 e. The first-order valence-electron chi connectivity index (χ1n) is 13.5. The molecule has 0 unspecified atom stereocenters. The van der Waals surface area contributed by atoms with Crippen LogP contribution in [0.15, 0.2) is 143 Å². The second-order valence-corrected chi connectivity index (χ2v) is 12.6. The van der Waals surface area contributed by atoms with E-state index in [9.17, 15) is 26.4 Å². The number of rotatable bonds is 10. The Morgan fingerprint density at radius 3 is 1.20 bits per heavy atom. The van der Waals surface area contributed by atoms with Crippen LogP contribution in [-0.2, 0) is 20.2 Å². The van der Waals surface area contributed by atoms with Crippen molar-refractivity contribution in [2.45, 2.75) is 9.79 Å². The van der Waals surface area contributed by atoms with Crippen LogP contribution in [0.5, 0.6) is 11.5 Å². The van der Waals surface area contributed by atoms with Gasteiger partial charge in [-0.1, -0.05) is 60.7 Å². The van der Waals surface area contributed by atoms with Crippen molar-refractivity contribution in [1.29, 1.82) is 0 Å². The van der Waals surface area contributed by atoms with Gasteiger partial charge >= 0.3 is 32.3 Å². The Balaban J connectivity index is 1.20. The molecular weight excluding hydrogens is 633 g/mol. The van der Waals surface area contributed by atoms with Crippen LogP contribution < -0.4 is 29.6 Å². The lowest BCUT2D eigenvalue weighted by Crippen LogP contribution is -2.23. The summed E-state index contributed by atoms with van der Waals surface area (Å²) in [5.41, 5.74) is 0.996. The topological polar surface area (TPSA) is 169 Å². The van der Waals surface area contributed by atoms with E-state index < -0.39 is 32.3 Å². The maximum absolute atomic E-state index is 12.8. The molecule has 234 valence electrons. The molecule has 0 aliphatic rings. The Bertz CT molecular complexity index is 1930. The fraction of sp³-hybridized carbons (Fsp3) is 0. The summed E-state index contributed by atoms with van der Waals surface area (Å²) in [5, 5.41) is 10.5. The molecule has 0 atom stereocenters. The molecule has 12 nitrogen and oxygen atoms in total. The molecule has 0 spiro atoms. The Morgan fingerprint density at radius 2 is 0.804 bits per heavy atom. The van der Waals surface area contributed by atoms with Crippen molar-refractivity contribution >= 4 is 55.0 Å². The molecule has 5 aromatic carbocycles. The van der Waals surface area contributed by atoms with E-state index in [0.29, 0.717) is 0 Å². The minimum atomic E-state index is -4.08. The van der Waals surface area contributed by atoms with Gasteiger partial charge in [-0.2, -0.15) is 16.8 Å². The fourth-order valence-corrected chi connectivity index (χ4v) is 5.93. The Kier molecular flexibility index (Phi) is 9.50. The zero-order valence-electron chi connectivity index (χ0n) is 23.8. The van der Waals surface area contributed by atoms with Gasteiger partial charge in [0.05, 0.1) is 11.4 Å². The van der Waals surface area contributed by atoms with E-state index in [-0.39, 0.29) is 44.0 Å². The summed E-state index contributed by atoms with van der Waals surface area (Å²) in [4.78, 5) is 25.6. The van der Waals surface area contributed by atoms with Gasteiger partial charge in [0, 0.05) is 23.5 Å². The van der Waals surface area contributed by atoms with E-state index in [0.717, 1.165) is 0 Å². The number of anilines is 4. The minimum absolute atomic E-state index is 0.00692. The maximum atomic E-state index is 12.8. The second kappa shape index (κ2) is 13.8. The predicted molar refractivity (Wildman–Crippen MR) is 173 cm³/mol. The van der Waals surface area contributed by atoms with Gasteiger partial charge in [-0.15, -0.1) is 0 Å². The standard InChI is InChI=1S/C32H26N4O8S2/c37-31(33-23-11-9-13-25(21-23)43-45(39,40)27-15-3-1-4-16-27)35-29-19-7-8-20-30(29)36-32(38)34-24-12-10-14-26(22-24)44-46(41,42)28-17-5-2-6-18-28/h1-22H,(H2,33,35,37)(H2,34,36,38). The van der Waals surface area contributed by atoms with Crippen molar-refractivity contribution in [3.05, 3.63) is 133 Å². The summed E-state index contributed by atoms with van der Waals surface area (Å²) in [6, 6.07) is 32.0. The molecule has 0 saturated carbocycles. The highest BCUT2D eigenvalue weighted by molar-refractivity contribution is 7.87. The van der Waals surface area contributed by atoms with E-state index in [1.165, 1.54) is 60.7 Å². The Hall–Kier alpha value is -5.86. The molecule has 0 heterocycles. The summed E-state index contributed by atoms with van der Waals surface area (Å²) in [6.07, 6.45) is 0. The number of amides is 4. The second-order valence-electron chi connectivity index (χ2n) is 9.46. The highest BCUT2D eigenvalue weighted by atomic mass is 32.2. The van der Waals surface area contributed by atoms with Crippen LogP contribution in [0.25, 0.3) is 0 Å². The summed E-state index contributed by atoms with van der Waals surface area (Å²) in [7, 11) is -8.15. The summed E-state index contributed by atoms with van der Waals surface area (Å²) in [5.74, 6) is -0.0138. The quantitative estimate of drug-likeness (QED) is 0.123. The molecule has 0 aromatic heterocycles. The molecule has 0 radical (unpaired) electrons. The van der Waals surface area contributed by atoms with Crippen LogP contribution in [0.4, 0.5) is 32.3 Å². The molecule has 4 N–H and O–H groups in total. The highest BCUT2D eigenvalue weighted by Crippen LogP contribution is 2.26. The average molecular weight is 659 g/mol. The Morgan fingerprint density at radius 1 is 0.435 bits per heavy atom. The van der Waals surface area contributed by atoms with Crippen molar-refractivity contribution in [2.24, 2.45) is 0 Å². The molecule has 5 aromatic rings. The van der Waals surface area contributed by atoms with Gasteiger partial charge in [0.25, 0.3) is 0 Å². The zero-order chi connectivity index (χ0) is 32.6. The van der Waals surface area contributed by atoms with Crippen LogP contribution in [0.3, 0.4) is 0 Å². The van der Waals surface area contributed by atoms with Crippen molar-refractivity contribution in [3.63, 3.8) is 0 Å². The van der Waals surface area contributed by atoms with E-state index in [1.54, 1.807) is 72.8 Å². The number of hydrogen-bond acceptors (Lipinski definition) is 8. The molecule has 0 saturated heterocycles. The number of carbonyl (C=O) groups excluding carboxylic acids is 2. The number of urea groups is 2. The first kappa shape index (κ1) is 31.6. The lowest BCUT2D eigenvalue weighted by Gasteiger charge is -2.14. The molecule has 4 amide bonds. The van der Waals surface area contributed by atoms with Gasteiger partial charge in [0.1, 0.15) is 21.3 Å². The summed E-state index contributed by atoms with van der Waals surface area (Å²) >= 11 is 0. The molecule has 14 heteroatoms. The SMILES string of the molecule is O=C(Nc1cccc(OS(=O)(=O)c2ccccc2)c1)Nc1ccccc1NC(=O)Nc1cccc(OS(=O)(=O)c2ccccc2)c1. The van der Waals surface area contributed by atoms with Gasteiger partial charge in [0.2, 0.25) is 0 Å². The first-order valence-corrected chi connectivity index (χ1v) is 16.3. The van der Waals surface area contributed by atoms with Crippen LogP contribution in [0.2, 0.25) is 0 Å². The third kappa shape index (κ3) is 8.40. The molecular formula is C32H26N4O8S2. The van der Waals surface area contributed by atoms with Gasteiger partial charge < -0.3 is 29.6 Å². The van der Waals surface area contributed by atoms with E-state index in [4.69, 9.17) is 8.37 Å². The number of benzene rings is 5. The molecule has 0 bridgehead atoms. The van der Waals surface area contributed by atoms with Gasteiger partial charge in [0.15, 0.2) is 0 Å². The summed E-state index contributed by atoms with van der Waals surface area (Å²) < 4.78 is 60.6. The third-order valence-electron chi connectivity index (χ3n) is 6.08. The number of hydrogen-bond donors (Lipinski definition) is 4. The van der Waals surface area contributed by atoms with E-state index >= 15 is 0 Å². The van der Waals surface area contributed by atoms with Crippen LogP contribution >= 0.6 is 0 Å². The average Bonchev–Trinajstić information content (AvgIpc) is 3.03. The van der Waals surface area contributed by atoms with Crippen molar-refractivity contribution in [1.82, 2.24) is 0 Å². The van der Waals surface area contributed by atoms with Crippen LogP contribution in [0.1, 0.15) is 0 Å². The molecule has 0 aliphatic heterocycles. The molecule has 46 heavy (non-hydrogen) atoms. The van der Waals surface area contributed by atoms with Crippen LogP contribution in [-0.4, -0.2) is 28.9 Å². The molecule has 0 aliphatic carbocycles. The fourth-order valence-electron chi connectivity index (χ4n) is 4.05. The maximum Gasteiger partial charge on any atom is 0.339 e. The number of carbonyl (C=O) groups is 2. The smallest absolute Gasteiger partial charge is 0.339 e. The van der Waals surface area contributed by atoms with Gasteiger partial charge in [-0.3, -0.25) is 0 Å². The van der Waals surface area contributed by atoms with E-state index in [1.807, 2.05) is 0 Å². The number of nitrogens with one attached hydrogen (secondary N) is 4. The first-order chi connectivity index (χ1) is 22.1. The predicted octanol–water partition coefficient (Wildman–Crippen LogP) is 6.51. The van der Waals surface area contributed by atoms with Crippen molar-refractivity contribution in [2.75, 3.05) is 21.3 Å².